The summed E-state index contributed by atoms with van der Waals surface area (Å²) in [5, 5.41) is 9.81. The first-order valence-corrected chi connectivity index (χ1v) is 8.59. The van der Waals surface area contributed by atoms with Crippen LogP contribution in [0.5, 0.6) is 0 Å². The first-order chi connectivity index (χ1) is 11.6. The zero-order valence-electron chi connectivity index (χ0n) is 13.1. The summed E-state index contributed by atoms with van der Waals surface area (Å²) in [6.45, 7) is 0.805. The van der Waals surface area contributed by atoms with E-state index in [1.807, 2.05) is 24.3 Å². The van der Waals surface area contributed by atoms with Crippen molar-refractivity contribution in [3.8, 4) is 0 Å². The van der Waals surface area contributed by atoms with E-state index in [4.69, 9.17) is 9.84 Å². The van der Waals surface area contributed by atoms with E-state index in [1.54, 1.807) is 6.08 Å². The normalized spacial score (nSPS) is 15.8. The molecule has 1 amide bonds. The number of nitrogens with zero attached hydrogens (tertiary/aromatic N) is 2. The SMILES string of the molecule is O=C(O)CN(C(=O)C=Cc1nc2ccccc2s1)C1CCOCC1. The van der Waals surface area contributed by atoms with Gasteiger partial charge in [0.25, 0.3) is 0 Å². The molecule has 1 fully saturated rings. The second-order valence-corrected chi connectivity index (χ2v) is 6.62. The molecule has 2 aromatic rings. The number of ether oxygens (including phenoxy) is 1. The van der Waals surface area contributed by atoms with Gasteiger partial charge in [-0.15, -0.1) is 11.3 Å². The molecule has 0 unspecified atom stereocenters. The Morgan fingerprint density at radius 1 is 1.33 bits per heavy atom. The van der Waals surface area contributed by atoms with Crippen LogP contribution in [-0.4, -0.2) is 52.7 Å². The fourth-order valence-corrected chi connectivity index (χ4v) is 3.60. The molecule has 6 nitrogen and oxygen atoms in total. The predicted octanol–water partition coefficient (Wildman–Crippen LogP) is 2.40. The average Bonchev–Trinajstić information content (AvgIpc) is 3.01. The van der Waals surface area contributed by atoms with E-state index in [9.17, 15) is 9.59 Å². The zero-order valence-corrected chi connectivity index (χ0v) is 13.9. The number of aromatic nitrogens is 1. The minimum atomic E-state index is -1.01. The monoisotopic (exact) mass is 346 g/mol. The number of para-hydroxylation sites is 1. The van der Waals surface area contributed by atoms with Crippen LogP contribution in [-0.2, 0) is 14.3 Å². The Morgan fingerprint density at radius 3 is 2.79 bits per heavy atom. The molecule has 0 aliphatic carbocycles. The van der Waals surface area contributed by atoms with Crippen molar-refractivity contribution in [2.24, 2.45) is 0 Å². The van der Waals surface area contributed by atoms with Crippen LogP contribution in [0.4, 0.5) is 0 Å². The van der Waals surface area contributed by atoms with Crippen LogP contribution in [0.25, 0.3) is 16.3 Å². The number of carbonyl (C=O) groups excluding carboxylic acids is 1. The molecule has 1 N–H and O–H groups in total. The van der Waals surface area contributed by atoms with Gasteiger partial charge in [0.1, 0.15) is 11.6 Å². The molecule has 2 heterocycles. The molecular formula is C17H18N2O4S. The van der Waals surface area contributed by atoms with Gasteiger partial charge in [0.05, 0.1) is 10.2 Å². The van der Waals surface area contributed by atoms with Crippen LogP contribution in [0.3, 0.4) is 0 Å². The van der Waals surface area contributed by atoms with Crippen molar-refractivity contribution in [2.45, 2.75) is 18.9 Å². The number of carboxylic acid groups (broad SMARTS) is 1. The number of hydrogen-bond acceptors (Lipinski definition) is 5. The Hall–Kier alpha value is -2.25. The van der Waals surface area contributed by atoms with Gasteiger partial charge in [-0.1, -0.05) is 12.1 Å². The third-order valence-corrected chi connectivity index (χ3v) is 4.90. The average molecular weight is 346 g/mol. The first-order valence-electron chi connectivity index (χ1n) is 7.77. The molecule has 24 heavy (non-hydrogen) atoms. The van der Waals surface area contributed by atoms with Gasteiger partial charge in [-0.2, -0.15) is 0 Å². The Bertz CT molecular complexity index is 732. The molecule has 1 aliphatic heterocycles. The van der Waals surface area contributed by atoms with Gasteiger partial charge in [-0.3, -0.25) is 9.59 Å². The summed E-state index contributed by atoms with van der Waals surface area (Å²) >= 11 is 1.50. The molecular weight excluding hydrogens is 328 g/mol. The lowest BCUT2D eigenvalue weighted by atomic mass is 10.1. The van der Waals surface area contributed by atoms with Crippen LogP contribution in [0.1, 0.15) is 17.8 Å². The van der Waals surface area contributed by atoms with Gasteiger partial charge in [0.15, 0.2) is 0 Å². The Balaban J connectivity index is 1.74. The lowest BCUT2D eigenvalue weighted by Crippen LogP contribution is -2.45. The van der Waals surface area contributed by atoms with E-state index in [1.165, 1.54) is 22.3 Å². The standard InChI is InChI=1S/C17H18N2O4S/c20-16(19(11-17(21)22)12-7-9-23-10-8-12)6-5-15-18-13-3-1-2-4-14(13)24-15/h1-6,12H,7-11H2,(H,21,22). The summed E-state index contributed by atoms with van der Waals surface area (Å²) in [7, 11) is 0. The number of benzene rings is 1. The Labute approximate surface area is 143 Å². The van der Waals surface area contributed by atoms with Crippen molar-refractivity contribution < 1.29 is 19.4 Å². The number of carbonyl (C=O) groups is 2. The van der Waals surface area contributed by atoms with Crippen molar-refractivity contribution >= 4 is 39.5 Å². The van der Waals surface area contributed by atoms with E-state index in [0.29, 0.717) is 26.1 Å². The smallest absolute Gasteiger partial charge is 0.323 e. The minimum absolute atomic E-state index is 0.0950. The van der Waals surface area contributed by atoms with Crippen LogP contribution in [0.2, 0.25) is 0 Å². The lowest BCUT2D eigenvalue weighted by Gasteiger charge is -2.32. The van der Waals surface area contributed by atoms with Crippen molar-refractivity contribution in [1.29, 1.82) is 0 Å². The quantitative estimate of drug-likeness (QED) is 0.841. The van der Waals surface area contributed by atoms with Crippen LogP contribution in [0.15, 0.2) is 30.3 Å². The predicted molar refractivity (Wildman–Crippen MR) is 91.8 cm³/mol. The van der Waals surface area contributed by atoms with Crippen molar-refractivity contribution in [1.82, 2.24) is 9.88 Å². The molecule has 1 saturated heterocycles. The first kappa shape index (κ1) is 16.6. The molecule has 0 radical (unpaired) electrons. The highest BCUT2D eigenvalue weighted by molar-refractivity contribution is 7.19. The van der Waals surface area contributed by atoms with Gasteiger partial charge in [-0.05, 0) is 31.1 Å². The highest BCUT2D eigenvalue weighted by atomic mass is 32.1. The van der Waals surface area contributed by atoms with Crippen molar-refractivity contribution in [3.05, 3.63) is 35.3 Å². The molecule has 0 atom stereocenters. The number of carboxylic acids is 1. The van der Waals surface area contributed by atoms with Crippen molar-refractivity contribution in [3.63, 3.8) is 0 Å². The van der Waals surface area contributed by atoms with E-state index in [0.717, 1.165) is 15.2 Å². The molecule has 3 rings (SSSR count). The summed E-state index contributed by atoms with van der Waals surface area (Å²) < 4.78 is 6.34. The summed E-state index contributed by atoms with van der Waals surface area (Å²) in [5.74, 6) is -1.31. The van der Waals surface area contributed by atoms with E-state index < -0.39 is 5.97 Å². The molecule has 7 heteroatoms. The minimum Gasteiger partial charge on any atom is -0.480 e. The summed E-state index contributed by atoms with van der Waals surface area (Å²) in [4.78, 5) is 29.4. The zero-order chi connectivity index (χ0) is 16.9. The van der Waals surface area contributed by atoms with Crippen molar-refractivity contribution in [2.75, 3.05) is 19.8 Å². The van der Waals surface area contributed by atoms with E-state index in [2.05, 4.69) is 4.98 Å². The number of rotatable bonds is 5. The van der Waals surface area contributed by atoms with E-state index >= 15 is 0 Å². The highest BCUT2D eigenvalue weighted by Gasteiger charge is 2.26. The molecule has 0 spiro atoms. The van der Waals surface area contributed by atoms with Gasteiger partial charge in [0, 0.05) is 25.3 Å². The maximum absolute atomic E-state index is 12.5. The maximum Gasteiger partial charge on any atom is 0.323 e. The summed E-state index contributed by atoms with van der Waals surface area (Å²) in [6.07, 6.45) is 4.39. The fourth-order valence-electron chi connectivity index (χ4n) is 2.73. The molecule has 1 aliphatic rings. The topological polar surface area (TPSA) is 79.7 Å². The lowest BCUT2D eigenvalue weighted by molar-refractivity contribution is -0.145. The second-order valence-electron chi connectivity index (χ2n) is 5.56. The largest absolute Gasteiger partial charge is 0.480 e. The Kier molecular flexibility index (Phi) is 5.22. The molecule has 126 valence electrons. The third kappa shape index (κ3) is 3.98. The molecule has 0 saturated carbocycles. The van der Waals surface area contributed by atoms with Crippen LogP contribution in [0, 0.1) is 0 Å². The summed E-state index contributed by atoms with van der Waals surface area (Å²) in [5.41, 5.74) is 0.890. The van der Waals surface area contributed by atoms with Gasteiger partial charge in [-0.25, -0.2) is 4.98 Å². The van der Waals surface area contributed by atoms with E-state index in [-0.39, 0.29) is 18.5 Å². The number of aliphatic carboxylic acids is 1. The van der Waals surface area contributed by atoms with Crippen LogP contribution >= 0.6 is 11.3 Å². The number of amides is 1. The fraction of sp³-hybridized carbons (Fsp3) is 0.353. The van der Waals surface area contributed by atoms with Gasteiger partial charge >= 0.3 is 5.97 Å². The molecule has 1 aromatic carbocycles. The van der Waals surface area contributed by atoms with Crippen LogP contribution < -0.4 is 0 Å². The second kappa shape index (κ2) is 7.55. The van der Waals surface area contributed by atoms with Gasteiger partial charge in [0.2, 0.25) is 5.91 Å². The molecule has 1 aromatic heterocycles. The number of thiazole rings is 1. The number of hydrogen-bond donors (Lipinski definition) is 1. The van der Waals surface area contributed by atoms with Gasteiger partial charge < -0.3 is 14.7 Å². The maximum atomic E-state index is 12.5. The third-order valence-electron chi connectivity index (χ3n) is 3.90. The molecule has 0 bridgehead atoms. The number of fused-ring (bicyclic) bond motifs is 1. The Morgan fingerprint density at radius 2 is 2.08 bits per heavy atom. The summed E-state index contributed by atoms with van der Waals surface area (Å²) in [6, 6.07) is 7.66. The highest BCUT2D eigenvalue weighted by Crippen LogP contribution is 2.22.